The third kappa shape index (κ3) is 4.29. The van der Waals surface area contributed by atoms with Crippen LogP contribution in [-0.4, -0.2) is 26.1 Å². The summed E-state index contributed by atoms with van der Waals surface area (Å²) >= 11 is 0. The number of nitro benzene ring substituents is 1. The Balaban J connectivity index is 2.17. The lowest BCUT2D eigenvalue weighted by Gasteiger charge is -2.09. The third-order valence-corrected chi connectivity index (χ3v) is 4.68. The van der Waals surface area contributed by atoms with Crippen molar-refractivity contribution in [3.05, 3.63) is 63.7 Å². The second-order valence-electron chi connectivity index (χ2n) is 5.31. The summed E-state index contributed by atoms with van der Waals surface area (Å²) in [5, 5.41) is 14.2. The second-order valence-corrected chi connectivity index (χ2v) is 7.33. The topological polar surface area (TPSA) is 89.3 Å². The summed E-state index contributed by atoms with van der Waals surface area (Å²) in [5.41, 5.74) is 2.40. The Morgan fingerprint density at radius 2 is 1.87 bits per heavy atom. The van der Waals surface area contributed by atoms with E-state index in [1.165, 1.54) is 12.1 Å². The maximum atomic E-state index is 11.5. The maximum Gasteiger partial charge on any atom is 0.293 e. The number of rotatable bonds is 6. The van der Waals surface area contributed by atoms with Gasteiger partial charge in [-0.3, -0.25) is 10.1 Å². The van der Waals surface area contributed by atoms with E-state index < -0.39 is 14.8 Å². The van der Waals surface area contributed by atoms with Gasteiger partial charge in [0.05, 0.1) is 9.82 Å². The van der Waals surface area contributed by atoms with Crippen LogP contribution >= 0.6 is 0 Å². The van der Waals surface area contributed by atoms with E-state index in [1.807, 2.05) is 31.2 Å². The van der Waals surface area contributed by atoms with E-state index in [0.717, 1.165) is 29.9 Å². The number of nitrogens with one attached hydrogen (secondary N) is 1. The zero-order chi connectivity index (χ0) is 17.0. The van der Waals surface area contributed by atoms with Crippen molar-refractivity contribution in [1.29, 1.82) is 0 Å². The number of hydrogen-bond donors (Lipinski definition) is 1. The summed E-state index contributed by atoms with van der Waals surface area (Å²) in [7, 11) is -3.48. The van der Waals surface area contributed by atoms with Gasteiger partial charge >= 0.3 is 0 Å². The first-order valence-electron chi connectivity index (χ1n) is 7.06. The Bertz CT molecular complexity index is 832. The number of benzene rings is 2. The first-order valence-corrected chi connectivity index (χ1v) is 8.95. The molecule has 0 saturated heterocycles. The van der Waals surface area contributed by atoms with E-state index in [0.29, 0.717) is 12.2 Å². The van der Waals surface area contributed by atoms with E-state index in [1.54, 1.807) is 0 Å². The lowest BCUT2D eigenvalue weighted by Crippen LogP contribution is -2.08. The van der Waals surface area contributed by atoms with Crippen LogP contribution in [0.15, 0.2) is 47.4 Å². The number of nitrogens with zero attached hydrogens (tertiary/aromatic N) is 1. The van der Waals surface area contributed by atoms with Crippen LogP contribution in [0.1, 0.15) is 11.1 Å². The van der Waals surface area contributed by atoms with Gasteiger partial charge in [0.2, 0.25) is 0 Å². The van der Waals surface area contributed by atoms with Gasteiger partial charge in [0, 0.05) is 18.9 Å². The zero-order valence-corrected chi connectivity index (χ0v) is 13.8. The van der Waals surface area contributed by atoms with Gasteiger partial charge in [-0.2, -0.15) is 0 Å². The van der Waals surface area contributed by atoms with E-state index in [9.17, 15) is 18.5 Å². The lowest BCUT2D eigenvalue weighted by molar-refractivity contribution is -0.384. The number of nitro groups is 1. The Morgan fingerprint density at radius 3 is 2.48 bits per heavy atom. The van der Waals surface area contributed by atoms with Gasteiger partial charge in [-0.1, -0.05) is 24.3 Å². The molecule has 7 heteroatoms. The fraction of sp³-hybridized carbons (Fsp3) is 0.250. The molecule has 0 spiro atoms. The molecular formula is C16H18N2O4S. The summed E-state index contributed by atoms with van der Waals surface area (Å²) in [6.07, 6.45) is 1.75. The van der Waals surface area contributed by atoms with Crippen LogP contribution in [0.5, 0.6) is 0 Å². The summed E-state index contributed by atoms with van der Waals surface area (Å²) in [6, 6.07) is 11.8. The van der Waals surface area contributed by atoms with Crippen LogP contribution in [0.2, 0.25) is 0 Å². The molecule has 0 aromatic heterocycles. The molecule has 0 unspecified atom stereocenters. The molecule has 0 aliphatic heterocycles. The van der Waals surface area contributed by atoms with Crippen molar-refractivity contribution in [3.63, 3.8) is 0 Å². The first kappa shape index (κ1) is 17.0. The summed E-state index contributed by atoms with van der Waals surface area (Å²) in [4.78, 5) is 10.5. The lowest BCUT2D eigenvalue weighted by atomic mass is 10.1. The Hall–Kier alpha value is -2.41. The molecular weight excluding hydrogens is 316 g/mol. The van der Waals surface area contributed by atoms with Crippen LogP contribution < -0.4 is 5.32 Å². The molecule has 2 rings (SSSR count). The summed E-state index contributed by atoms with van der Waals surface area (Å²) in [6.45, 7) is 2.53. The van der Waals surface area contributed by atoms with Crippen molar-refractivity contribution >= 4 is 21.2 Å². The molecule has 0 saturated carbocycles. The molecule has 2 aromatic carbocycles. The van der Waals surface area contributed by atoms with E-state index >= 15 is 0 Å². The minimum Gasteiger partial charge on any atom is -0.379 e. The van der Waals surface area contributed by atoms with Crippen LogP contribution in [-0.2, 0) is 16.3 Å². The largest absolute Gasteiger partial charge is 0.379 e. The molecule has 0 atom stereocenters. The summed E-state index contributed by atoms with van der Waals surface area (Å²) < 4.78 is 23.0. The van der Waals surface area contributed by atoms with Crippen molar-refractivity contribution in [1.82, 2.24) is 0 Å². The van der Waals surface area contributed by atoms with Crippen LogP contribution in [0.25, 0.3) is 0 Å². The molecule has 0 heterocycles. The molecule has 6 nitrogen and oxygen atoms in total. The van der Waals surface area contributed by atoms with E-state index in [-0.39, 0.29) is 10.6 Å². The molecule has 0 radical (unpaired) electrons. The average molecular weight is 334 g/mol. The van der Waals surface area contributed by atoms with Gasteiger partial charge in [0.25, 0.3) is 5.69 Å². The second kappa shape index (κ2) is 6.78. The SMILES string of the molecule is Cc1ccccc1CCNc1ccc(S(C)(=O)=O)cc1[N+](=O)[O-]. The normalized spacial score (nSPS) is 11.2. The first-order chi connectivity index (χ1) is 10.8. The quantitative estimate of drug-likeness (QED) is 0.648. The van der Waals surface area contributed by atoms with Gasteiger partial charge in [-0.25, -0.2) is 8.42 Å². The minimum atomic E-state index is -3.48. The number of anilines is 1. The minimum absolute atomic E-state index is 0.0614. The summed E-state index contributed by atoms with van der Waals surface area (Å²) in [5.74, 6) is 0. The van der Waals surface area contributed by atoms with E-state index in [4.69, 9.17) is 0 Å². The third-order valence-electron chi connectivity index (χ3n) is 3.57. The highest BCUT2D eigenvalue weighted by Crippen LogP contribution is 2.27. The molecule has 0 amide bonds. The predicted octanol–water partition coefficient (Wildman–Crippen LogP) is 2.96. The molecule has 122 valence electrons. The van der Waals surface area contributed by atoms with Gasteiger partial charge < -0.3 is 5.32 Å². The molecule has 0 bridgehead atoms. The van der Waals surface area contributed by atoms with Crippen molar-refractivity contribution < 1.29 is 13.3 Å². The zero-order valence-electron chi connectivity index (χ0n) is 12.9. The Kier molecular flexibility index (Phi) is 5.00. The molecule has 0 fully saturated rings. The monoisotopic (exact) mass is 334 g/mol. The molecule has 0 aliphatic carbocycles. The predicted molar refractivity (Wildman–Crippen MR) is 89.6 cm³/mol. The number of aryl methyl sites for hydroxylation is 1. The van der Waals surface area contributed by atoms with Gasteiger partial charge in [-0.05, 0) is 36.6 Å². The standard InChI is InChI=1S/C16H18N2O4S/c1-12-5-3-4-6-13(12)9-10-17-15-8-7-14(23(2,21)22)11-16(15)18(19)20/h3-8,11,17H,9-10H2,1-2H3. The molecule has 1 N–H and O–H groups in total. The Morgan fingerprint density at radius 1 is 1.17 bits per heavy atom. The molecule has 2 aromatic rings. The van der Waals surface area contributed by atoms with Crippen molar-refractivity contribution in [2.75, 3.05) is 18.1 Å². The highest BCUT2D eigenvalue weighted by Gasteiger charge is 2.18. The van der Waals surface area contributed by atoms with E-state index in [2.05, 4.69) is 5.32 Å². The van der Waals surface area contributed by atoms with Crippen LogP contribution in [0.4, 0.5) is 11.4 Å². The molecule has 0 aliphatic rings. The number of sulfone groups is 1. The van der Waals surface area contributed by atoms with Crippen LogP contribution in [0, 0.1) is 17.0 Å². The van der Waals surface area contributed by atoms with Gasteiger partial charge in [0.15, 0.2) is 9.84 Å². The van der Waals surface area contributed by atoms with Gasteiger partial charge in [0.1, 0.15) is 5.69 Å². The number of hydrogen-bond acceptors (Lipinski definition) is 5. The molecule has 23 heavy (non-hydrogen) atoms. The highest BCUT2D eigenvalue weighted by molar-refractivity contribution is 7.90. The van der Waals surface area contributed by atoms with Gasteiger partial charge in [-0.15, -0.1) is 0 Å². The van der Waals surface area contributed by atoms with Crippen LogP contribution in [0.3, 0.4) is 0 Å². The fourth-order valence-electron chi connectivity index (χ4n) is 2.27. The highest BCUT2D eigenvalue weighted by atomic mass is 32.2. The van der Waals surface area contributed by atoms with Crippen molar-refractivity contribution in [2.24, 2.45) is 0 Å². The van der Waals surface area contributed by atoms with Crippen molar-refractivity contribution in [3.8, 4) is 0 Å². The average Bonchev–Trinajstić information content (AvgIpc) is 2.48. The maximum absolute atomic E-state index is 11.5. The fourth-order valence-corrected chi connectivity index (χ4v) is 2.91. The Labute approximate surface area is 135 Å². The van der Waals surface area contributed by atoms with Crippen molar-refractivity contribution in [2.45, 2.75) is 18.2 Å². The smallest absolute Gasteiger partial charge is 0.293 e.